The van der Waals surface area contributed by atoms with E-state index in [1.165, 1.54) is 0 Å². The van der Waals surface area contributed by atoms with Gasteiger partial charge < -0.3 is 15.2 Å². The van der Waals surface area contributed by atoms with E-state index in [1.807, 2.05) is 24.3 Å². The van der Waals surface area contributed by atoms with Crippen molar-refractivity contribution in [3.05, 3.63) is 34.3 Å². The number of aliphatic carboxylic acids is 1. The summed E-state index contributed by atoms with van der Waals surface area (Å²) >= 11 is 3.46. The van der Waals surface area contributed by atoms with Crippen molar-refractivity contribution in [1.82, 2.24) is 5.32 Å². The second-order valence-corrected chi connectivity index (χ2v) is 5.13. The summed E-state index contributed by atoms with van der Waals surface area (Å²) in [7, 11) is 0. The van der Waals surface area contributed by atoms with Crippen LogP contribution in [0.5, 0.6) is 0 Å². The predicted octanol–water partition coefficient (Wildman–Crippen LogP) is 1.64. The summed E-state index contributed by atoms with van der Waals surface area (Å²) in [6, 6.07) is 7.88. The van der Waals surface area contributed by atoms with Crippen LogP contribution in [0.2, 0.25) is 0 Å². The third-order valence-electron chi connectivity index (χ3n) is 2.95. The molecule has 0 saturated carbocycles. The van der Waals surface area contributed by atoms with Crippen LogP contribution in [0, 0.1) is 5.41 Å². The van der Waals surface area contributed by atoms with Gasteiger partial charge in [-0.2, -0.15) is 0 Å². The summed E-state index contributed by atoms with van der Waals surface area (Å²) in [5, 5.41) is 12.3. The maximum absolute atomic E-state index is 11.1. The number of halogens is 1. The lowest BCUT2D eigenvalue weighted by Crippen LogP contribution is -2.55. The van der Waals surface area contributed by atoms with Gasteiger partial charge in [0.15, 0.2) is 0 Å². The average molecular weight is 300 g/mol. The van der Waals surface area contributed by atoms with Crippen molar-refractivity contribution in [3.8, 4) is 0 Å². The highest BCUT2D eigenvalue weighted by atomic mass is 79.9. The molecule has 1 aliphatic heterocycles. The Labute approximate surface area is 108 Å². The summed E-state index contributed by atoms with van der Waals surface area (Å²) in [5.41, 5.74) is 0.384. The molecular formula is C12H14BrNO3. The molecule has 1 saturated heterocycles. The fraction of sp³-hybridized carbons (Fsp3) is 0.417. The van der Waals surface area contributed by atoms with Crippen LogP contribution >= 0.6 is 15.9 Å². The lowest BCUT2D eigenvalue weighted by molar-refractivity contribution is -0.178. The zero-order valence-corrected chi connectivity index (χ0v) is 10.9. The van der Waals surface area contributed by atoms with Crippen LogP contribution in [0.15, 0.2) is 28.7 Å². The maximum Gasteiger partial charge on any atom is 0.315 e. The molecule has 2 rings (SSSR count). The minimum Gasteiger partial charge on any atom is -0.481 e. The molecule has 0 bridgehead atoms. The number of benzene rings is 1. The van der Waals surface area contributed by atoms with E-state index in [9.17, 15) is 4.79 Å². The van der Waals surface area contributed by atoms with Crippen LogP contribution in [-0.4, -0.2) is 30.8 Å². The van der Waals surface area contributed by atoms with Crippen molar-refractivity contribution in [2.45, 2.75) is 6.54 Å². The number of hydrogen-bond acceptors (Lipinski definition) is 3. The van der Waals surface area contributed by atoms with E-state index in [4.69, 9.17) is 9.84 Å². The normalized spacial score (nSPS) is 17.5. The first-order valence-electron chi connectivity index (χ1n) is 5.39. The molecule has 4 nitrogen and oxygen atoms in total. The number of carboxylic acids is 1. The fourth-order valence-corrected chi connectivity index (χ4v) is 2.15. The minimum atomic E-state index is -0.789. The Morgan fingerprint density at radius 1 is 1.47 bits per heavy atom. The van der Waals surface area contributed by atoms with Crippen molar-refractivity contribution in [2.24, 2.45) is 5.41 Å². The molecule has 92 valence electrons. The number of rotatable bonds is 5. The Bertz CT molecular complexity index is 418. The van der Waals surface area contributed by atoms with Crippen molar-refractivity contribution >= 4 is 21.9 Å². The number of ether oxygens (including phenoxy) is 1. The van der Waals surface area contributed by atoms with Crippen molar-refractivity contribution < 1.29 is 14.6 Å². The molecule has 0 spiro atoms. The molecule has 0 aromatic heterocycles. The first-order chi connectivity index (χ1) is 8.14. The monoisotopic (exact) mass is 299 g/mol. The van der Waals surface area contributed by atoms with Gasteiger partial charge in [0.1, 0.15) is 5.41 Å². The molecule has 1 aromatic rings. The van der Waals surface area contributed by atoms with Gasteiger partial charge in [0.05, 0.1) is 13.2 Å². The topological polar surface area (TPSA) is 58.6 Å². The Hall–Kier alpha value is -0.910. The van der Waals surface area contributed by atoms with Gasteiger partial charge in [-0.1, -0.05) is 34.1 Å². The van der Waals surface area contributed by atoms with E-state index in [1.54, 1.807) is 0 Å². The summed E-state index contributed by atoms with van der Waals surface area (Å²) in [4.78, 5) is 11.1. The first-order valence-corrected chi connectivity index (χ1v) is 6.19. The largest absolute Gasteiger partial charge is 0.481 e. The molecule has 1 heterocycles. The molecule has 1 aromatic carbocycles. The van der Waals surface area contributed by atoms with Gasteiger partial charge in [0.25, 0.3) is 0 Å². The summed E-state index contributed by atoms with van der Waals surface area (Å²) in [6.07, 6.45) is 0. The summed E-state index contributed by atoms with van der Waals surface area (Å²) < 4.78 is 6.03. The van der Waals surface area contributed by atoms with Gasteiger partial charge in [-0.25, -0.2) is 0 Å². The Morgan fingerprint density at radius 3 is 2.71 bits per heavy atom. The molecule has 17 heavy (non-hydrogen) atoms. The van der Waals surface area contributed by atoms with E-state index in [0.717, 1.165) is 10.0 Å². The van der Waals surface area contributed by atoms with Crippen LogP contribution < -0.4 is 5.32 Å². The summed E-state index contributed by atoms with van der Waals surface area (Å²) in [6.45, 7) is 1.68. The zero-order chi connectivity index (χ0) is 12.3. The fourth-order valence-electron chi connectivity index (χ4n) is 1.73. The van der Waals surface area contributed by atoms with Gasteiger partial charge in [-0.15, -0.1) is 0 Å². The lowest BCUT2D eigenvalue weighted by atomic mass is 9.86. The number of hydrogen-bond donors (Lipinski definition) is 2. The van der Waals surface area contributed by atoms with Gasteiger partial charge in [-0.3, -0.25) is 4.79 Å². The second kappa shape index (κ2) is 5.16. The number of nitrogens with one attached hydrogen (secondary N) is 1. The number of carboxylic acid groups (broad SMARTS) is 1. The first kappa shape index (κ1) is 12.5. The standard InChI is InChI=1S/C12H14BrNO3/c13-10-4-2-1-3-9(10)5-14-6-12(11(15)16)7-17-8-12/h1-4,14H,5-8H2,(H,15,16). The molecule has 0 aliphatic carbocycles. The molecule has 1 aliphatic rings. The Morgan fingerprint density at radius 2 is 2.18 bits per heavy atom. The van der Waals surface area contributed by atoms with E-state index in [-0.39, 0.29) is 0 Å². The molecule has 0 amide bonds. The van der Waals surface area contributed by atoms with Crippen LogP contribution in [0.25, 0.3) is 0 Å². The highest BCUT2D eigenvalue weighted by Gasteiger charge is 2.45. The SMILES string of the molecule is O=C(O)C1(CNCc2ccccc2Br)COC1. The quantitative estimate of drug-likeness (QED) is 0.868. The molecule has 2 N–H and O–H groups in total. The maximum atomic E-state index is 11.1. The van der Waals surface area contributed by atoms with Crippen LogP contribution in [0.3, 0.4) is 0 Å². The second-order valence-electron chi connectivity index (χ2n) is 4.27. The molecule has 0 radical (unpaired) electrons. The minimum absolute atomic E-state index is 0.297. The third-order valence-corrected chi connectivity index (χ3v) is 3.72. The Kier molecular flexibility index (Phi) is 3.81. The number of carbonyl (C=O) groups is 1. The van der Waals surface area contributed by atoms with E-state index in [0.29, 0.717) is 26.3 Å². The highest BCUT2D eigenvalue weighted by molar-refractivity contribution is 9.10. The van der Waals surface area contributed by atoms with Crippen molar-refractivity contribution in [2.75, 3.05) is 19.8 Å². The summed E-state index contributed by atoms with van der Waals surface area (Å²) in [5.74, 6) is -0.789. The Balaban J connectivity index is 1.88. The smallest absolute Gasteiger partial charge is 0.315 e. The van der Waals surface area contributed by atoms with Crippen molar-refractivity contribution in [3.63, 3.8) is 0 Å². The van der Waals surface area contributed by atoms with Crippen LogP contribution in [0.4, 0.5) is 0 Å². The molecule has 5 heteroatoms. The van der Waals surface area contributed by atoms with E-state index in [2.05, 4.69) is 21.2 Å². The predicted molar refractivity (Wildman–Crippen MR) is 66.7 cm³/mol. The molecule has 0 unspecified atom stereocenters. The molecular weight excluding hydrogens is 286 g/mol. The molecule has 0 atom stereocenters. The van der Waals surface area contributed by atoms with E-state index >= 15 is 0 Å². The van der Waals surface area contributed by atoms with Crippen LogP contribution in [0.1, 0.15) is 5.56 Å². The lowest BCUT2D eigenvalue weighted by Gasteiger charge is -2.37. The van der Waals surface area contributed by atoms with E-state index < -0.39 is 11.4 Å². The average Bonchev–Trinajstić information content (AvgIpc) is 2.23. The van der Waals surface area contributed by atoms with Gasteiger partial charge in [-0.05, 0) is 11.6 Å². The van der Waals surface area contributed by atoms with Gasteiger partial charge in [0.2, 0.25) is 0 Å². The molecule has 1 fully saturated rings. The van der Waals surface area contributed by atoms with Crippen LogP contribution in [-0.2, 0) is 16.1 Å². The van der Waals surface area contributed by atoms with Gasteiger partial charge in [0, 0.05) is 17.6 Å². The zero-order valence-electron chi connectivity index (χ0n) is 9.28. The van der Waals surface area contributed by atoms with Crippen molar-refractivity contribution in [1.29, 1.82) is 0 Å². The third kappa shape index (κ3) is 2.68. The highest BCUT2D eigenvalue weighted by Crippen LogP contribution is 2.27. The van der Waals surface area contributed by atoms with Gasteiger partial charge >= 0.3 is 5.97 Å².